The van der Waals surface area contributed by atoms with E-state index in [2.05, 4.69) is 20.2 Å². The van der Waals surface area contributed by atoms with Crippen molar-refractivity contribution in [1.29, 1.82) is 0 Å². The molecular formula is C24H22F6N6O5. The normalized spacial score (nSPS) is 11.5. The fraction of sp³-hybridized carbons (Fsp3) is 0.292. The molecule has 4 aromatic heterocycles. The highest BCUT2D eigenvalue weighted by atomic mass is 19.4. The lowest BCUT2D eigenvalue weighted by Gasteiger charge is -2.06. The molecule has 0 atom stereocenters. The predicted molar refractivity (Wildman–Crippen MR) is 128 cm³/mol. The van der Waals surface area contributed by atoms with E-state index in [4.69, 9.17) is 19.3 Å². The fourth-order valence-corrected chi connectivity index (χ4v) is 3.17. The largest absolute Gasteiger partial charge is 0.480 e. The third-order valence-corrected chi connectivity index (χ3v) is 5.09. The molecule has 220 valence electrons. The second-order valence-electron chi connectivity index (χ2n) is 7.78. The van der Waals surface area contributed by atoms with Crippen molar-refractivity contribution >= 4 is 5.97 Å². The van der Waals surface area contributed by atoms with E-state index in [1.165, 1.54) is 48.1 Å². The van der Waals surface area contributed by atoms with Gasteiger partial charge in [0.25, 0.3) is 0 Å². The van der Waals surface area contributed by atoms with Gasteiger partial charge >= 0.3 is 18.3 Å². The average molecular weight is 588 g/mol. The molecule has 11 nitrogen and oxygen atoms in total. The number of esters is 1. The number of hydrogen-bond donors (Lipinski definition) is 1. The van der Waals surface area contributed by atoms with E-state index in [1.54, 1.807) is 6.92 Å². The van der Waals surface area contributed by atoms with Crippen LogP contribution < -0.4 is 9.47 Å². The Morgan fingerprint density at radius 1 is 0.829 bits per heavy atom. The zero-order chi connectivity index (χ0) is 30.4. The van der Waals surface area contributed by atoms with E-state index in [9.17, 15) is 31.1 Å². The average Bonchev–Trinajstić information content (AvgIpc) is 3.57. The van der Waals surface area contributed by atoms with Crippen LogP contribution in [0.5, 0.6) is 11.8 Å². The van der Waals surface area contributed by atoms with Gasteiger partial charge < -0.3 is 19.3 Å². The van der Waals surface area contributed by atoms with E-state index in [1.807, 2.05) is 0 Å². The van der Waals surface area contributed by atoms with Crippen molar-refractivity contribution in [1.82, 2.24) is 29.5 Å². The van der Waals surface area contributed by atoms with E-state index >= 15 is 0 Å². The predicted octanol–water partition coefficient (Wildman–Crippen LogP) is 4.26. The van der Waals surface area contributed by atoms with Crippen molar-refractivity contribution in [2.75, 3.05) is 20.8 Å². The first-order chi connectivity index (χ1) is 19.3. The number of hydrogen-bond acceptors (Lipinski definition) is 9. The molecule has 41 heavy (non-hydrogen) atoms. The molecule has 0 spiro atoms. The number of methoxy groups -OCH3 is 2. The molecule has 0 aliphatic rings. The Hall–Kier alpha value is -4.67. The van der Waals surface area contributed by atoms with Crippen molar-refractivity contribution in [3.63, 3.8) is 0 Å². The van der Waals surface area contributed by atoms with Crippen LogP contribution in [-0.2, 0) is 23.7 Å². The van der Waals surface area contributed by atoms with Crippen molar-refractivity contribution in [3.8, 4) is 23.1 Å². The van der Waals surface area contributed by atoms with Gasteiger partial charge in [0.2, 0.25) is 11.8 Å². The van der Waals surface area contributed by atoms with Crippen molar-refractivity contribution < 1.29 is 50.5 Å². The van der Waals surface area contributed by atoms with E-state index in [0.717, 1.165) is 24.5 Å². The molecule has 0 bridgehead atoms. The number of aromatic nitrogens is 6. The molecule has 0 saturated carbocycles. The number of alkyl halides is 6. The number of pyridine rings is 2. The van der Waals surface area contributed by atoms with Crippen molar-refractivity contribution in [3.05, 3.63) is 71.6 Å². The lowest BCUT2D eigenvalue weighted by Crippen LogP contribution is -2.08. The number of nitrogens with zero attached hydrogens (tertiary/aromatic N) is 6. The summed E-state index contributed by atoms with van der Waals surface area (Å²) in [6.45, 7) is 1.54. The van der Waals surface area contributed by atoms with Gasteiger partial charge in [0.15, 0.2) is 0 Å². The number of aliphatic hydroxyl groups is 1. The maximum atomic E-state index is 12.5. The van der Waals surface area contributed by atoms with Crippen LogP contribution in [0.2, 0.25) is 0 Å². The fourth-order valence-electron chi connectivity index (χ4n) is 3.17. The van der Waals surface area contributed by atoms with Gasteiger partial charge in [0.1, 0.15) is 17.0 Å². The summed E-state index contributed by atoms with van der Waals surface area (Å²) in [5, 5.41) is 17.0. The number of ether oxygens (including phenoxy) is 3. The van der Waals surface area contributed by atoms with Gasteiger partial charge in [0, 0.05) is 12.4 Å². The minimum atomic E-state index is -4.52. The number of carbonyl (C=O) groups excluding carboxylic acids is 1. The van der Waals surface area contributed by atoms with Gasteiger partial charge in [0.05, 0.1) is 56.8 Å². The number of carbonyl (C=O) groups is 1. The van der Waals surface area contributed by atoms with Crippen LogP contribution in [0.3, 0.4) is 0 Å². The summed E-state index contributed by atoms with van der Waals surface area (Å²) in [7, 11) is 2.71. The first kappa shape index (κ1) is 30.9. The summed E-state index contributed by atoms with van der Waals surface area (Å²) < 4.78 is 91.7. The SMILES string of the molecule is CCOC(=O)c1cn(-c2ccc(C(F)(F)F)nc2)nc1OC.COc1nn(-c2ccc(C(F)(F)F)nc2)cc1CO. The lowest BCUT2D eigenvalue weighted by atomic mass is 10.3. The van der Waals surface area contributed by atoms with E-state index < -0.39 is 29.7 Å². The molecule has 0 unspecified atom stereocenters. The van der Waals surface area contributed by atoms with E-state index in [0.29, 0.717) is 11.3 Å². The van der Waals surface area contributed by atoms with Crippen LogP contribution in [0.1, 0.15) is 34.2 Å². The van der Waals surface area contributed by atoms with Gasteiger partial charge in [-0.1, -0.05) is 0 Å². The minimum Gasteiger partial charge on any atom is -0.480 e. The number of halogens is 6. The molecule has 0 aliphatic heterocycles. The van der Waals surface area contributed by atoms with Gasteiger partial charge in [-0.3, -0.25) is 0 Å². The Morgan fingerprint density at radius 3 is 1.68 bits per heavy atom. The molecule has 1 N–H and O–H groups in total. The Bertz CT molecular complexity index is 1430. The zero-order valence-corrected chi connectivity index (χ0v) is 21.6. The summed E-state index contributed by atoms with van der Waals surface area (Å²) >= 11 is 0. The Balaban J connectivity index is 0.000000228. The van der Waals surface area contributed by atoms with Crippen LogP contribution in [-0.4, -0.2) is 61.4 Å². The molecular weight excluding hydrogens is 566 g/mol. The van der Waals surface area contributed by atoms with Gasteiger partial charge in [-0.25, -0.2) is 24.1 Å². The second-order valence-corrected chi connectivity index (χ2v) is 7.78. The molecule has 0 fully saturated rings. The first-order valence-corrected chi connectivity index (χ1v) is 11.4. The molecule has 0 aliphatic carbocycles. The third-order valence-electron chi connectivity index (χ3n) is 5.09. The van der Waals surface area contributed by atoms with Crippen LogP contribution >= 0.6 is 0 Å². The maximum Gasteiger partial charge on any atom is 0.433 e. The zero-order valence-electron chi connectivity index (χ0n) is 21.6. The molecule has 17 heteroatoms. The quantitative estimate of drug-likeness (QED) is 0.249. The van der Waals surface area contributed by atoms with Gasteiger partial charge in [-0.15, -0.1) is 10.2 Å². The summed E-state index contributed by atoms with van der Waals surface area (Å²) in [6, 6.07) is 4.12. The van der Waals surface area contributed by atoms with Crippen LogP contribution in [0.25, 0.3) is 11.4 Å². The summed E-state index contributed by atoms with van der Waals surface area (Å²) in [5.74, 6) is -0.411. The van der Waals surface area contributed by atoms with Gasteiger partial charge in [-0.05, 0) is 31.2 Å². The maximum absolute atomic E-state index is 12.5. The third kappa shape index (κ3) is 7.50. The number of aliphatic hydroxyl groups excluding tert-OH is 1. The molecule has 4 rings (SSSR count). The topological polar surface area (TPSA) is 126 Å². The highest BCUT2D eigenvalue weighted by Gasteiger charge is 2.33. The standard InChI is InChI=1S/C13H12F3N3O3.C11H10F3N3O2/c1-3-22-12(20)9-7-19(18-11(9)21-2)8-4-5-10(17-6-8)13(14,15)16;1-19-10-7(6-18)5-17(16-10)8-2-3-9(15-4-8)11(12,13)14/h4-7H,3H2,1-2H3;2-5,18H,6H2,1H3. The second kappa shape index (κ2) is 12.7. The monoisotopic (exact) mass is 588 g/mol. The van der Waals surface area contributed by atoms with Crippen molar-refractivity contribution in [2.45, 2.75) is 25.9 Å². The van der Waals surface area contributed by atoms with E-state index in [-0.39, 0.29) is 36.2 Å². The molecule has 0 aromatic carbocycles. The molecule has 0 radical (unpaired) electrons. The Kier molecular flexibility index (Phi) is 9.54. The van der Waals surface area contributed by atoms with Crippen LogP contribution in [0.4, 0.5) is 26.3 Å². The minimum absolute atomic E-state index is 0.0124. The highest BCUT2D eigenvalue weighted by Crippen LogP contribution is 2.29. The molecule has 0 amide bonds. The smallest absolute Gasteiger partial charge is 0.433 e. The molecule has 4 aromatic rings. The highest BCUT2D eigenvalue weighted by molar-refractivity contribution is 5.91. The van der Waals surface area contributed by atoms with Gasteiger partial charge in [-0.2, -0.15) is 26.3 Å². The van der Waals surface area contributed by atoms with Crippen molar-refractivity contribution in [2.24, 2.45) is 0 Å². The van der Waals surface area contributed by atoms with Crippen LogP contribution in [0, 0.1) is 0 Å². The summed E-state index contributed by atoms with van der Waals surface area (Å²) in [5.41, 5.74) is -0.891. The molecule has 4 heterocycles. The summed E-state index contributed by atoms with van der Waals surface area (Å²) in [4.78, 5) is 18.4. The van der Waals surface area contributed by atoms with Crippen LogP contribution in [0.15, 0.2) is 49.1 Å². The first-order valence-electron chi connectivity index (χ1n) is 11.4. The Labute approximate surface area is 227 Å². The molecule has 0 saturated heterocycles. The lowest BCUT2D eigenvalue weighted by molar-refractivity contribution is -0.141. The Morgan fingerprint density at radius 2 is 1.32 bits per heavy atom. The summed E-state index contributed by atoms with van der Waals surface area (Å²) in [6.07, 6.45) is -4.17. The number of rotatable bonds is 7.